The molecule has 0 atom stereocenters. The maximum Gasteiger partial charge on any atom is 0.341 e. The molecule has 0 amide bonds. The maximum atomic E-state index is 10.7. The molecule has 1 N–H and O–H groups in total. The van der Waals surface area contributed by atoms with Gasteiger partial charge in [-0.25, -0.2) is 4.79 Å². The van der Waals surface area contributed by atoms with Crippen molar-refractivity contribution < 1.29 is 19.4 Å². The van der Waals surface area contributed by atoms with Crippen LogP contribution in [-0.2, 0) is 17.6 Å². The quantitative estimate of drug-likeness (QED) is 0.368. The van der Waals surface area contributed by atoms with E-state index >= 15 is 0 Å². The number of fused-ring (bicyclic) bond motifs is 1. The zero-order valence-electron chi connectivity index (χ0n) is 15.4. The Kier molecular flexibility index (Phi) is 7.77. The summed E-state index contributed by atoms with van der Waals surface area (Å²) in [6, 6.07) is 9.19. The Morgan fingerprint density at radius 1 is 1.04 bits per heavy atom. The lowest BCUT2D eigenvalue weighted by Crippen LogP contribution is -2.10. The molecule has 0 unspecified atom stereocenters. The smallest absolute Gasteiger partial charge is 0.341 e. The number of carboxylic acid groups (broad SMARTS) is 1. The number of hydrogen-bond acceptors (Lipinski definition) is 4. The van der Waals surface area contributed by atoms with Crippen molar-refractivity contribution in [2.24, 2.45) is 0 Å². The standard InChI is InChI=1S/C21H22Cl2O4S/c22-14-6-7-19(17(23)12-14)26-10-1-2-11-28-20-9-8-18(27-13-21(24)25)15-4-3-5-16(15)20/h6-9,12H,1-5,10-11,13H2,(H,24,25). The molecule has 0 heterocycles. The molecule has 2 aromatic rings. The van der Waals surface area contributed by atoms with Crippen LogP contribution in [0.25, 0.3) is 0 Å². The fourth-order valence-corrected chi connectivity index (χ4v) is 4.81. The first kappa shape index (κ1) is 21.2. The summed E-state index contributed by atoms with van der Waals surface area (Å²) in [5.74, 6) is 1.42. The number of carboxylic acids is 1. The second-order valence-electron chi connectivity index (χ2n) is 6.53. The van der Waals surface area contributed by atoms with Crippen LogP contribution in [0.4, 0.5) is 0 Å². The summed E-state index contributed by atoms with van der Waals surface area (Å²) >= 11 is 13.8. The number of halogens is 2. The Morgan fingerprint density at radius 2 is 1.82 bits per heavy atom. The minimum atomic E-state index is -0.952. The first-order chi connectivity index (χ1) is 13.5. The van der Waals surface area contributed by atoms with Crippen LogP contribution in [0.3, 0.4) is 0 Å². The molecule has 3 rings (SSSR count). The molecule has 0 saturated heterocycles. The molecule has 0 saturated carbocycles. The van der Waals surface area contributed by atoms with Gasteiger partial charge in [-0.1, -0.05) is 23.2 Å². The molecular weight excluding hydrogens is 419 g/mol. The third kappa shape index (κ3) is 5.72. The van der Waals surface area contributed by atoms with Crippen molar-refractivity contribution in [2.45, 2.75) is 37.0 Å². The molecule has 0 aliphatic heterocycles. The normalized spacial score (nSPS) is 12.6. The van der Waals surface area contributed by atoms with Gasteiger partial charge >= 0.3 is 5.97 Å². The lowest BCUT2D eigenvalue weighted by atomic mass is 10.1. The van der Waals surface area contributed by atoms with E-state index in [1.165, 1.54) is 16.0 Å². The van der Waals surface area contributed by atoms with Gasteiger partial charge in [0.05, 0.1) is 11.6 Å². The average molecular weight is 441 g/mol. The van der Waals surface area contributed by atoms with E-state index in [9.17, 15) is 4.79 Å². The van der Waals surface area contributed by atoms with Crippen LogP contribution in [-0.4, -0.2) is 30.0 Å². The number of aliphatic carboxylic acids is 1. The minimum Gasteiger partial charge on any atom is -0.492 e. The number of hydrogen-bond donors (Lipinski definition) is 1. The topological polar surface area (TPSA) is 55.8 Å². The highest BCUT2D eigenvalue weighted by Crippen LogP contribution is 2.38. The third-order valence-electron chi connectivity index (χ3n) is 4.50. The van der Waals surface area contributed by atoms with E-state index in [0.717, 1.165) is 37.9 Å². The Morgan fingerprint density at radius 3 is 2.61 bits per heavy atom. The monoisotopic (exact) mass is 440 g/mol. The summed E-state index contributed by atoms with van der Waals surface area (Å²) in [5.41, 5.74) is 2.49. The molecule has 1 aliphatic rings. The molecule has 7 heteroatoms. The van der Waals surface area contributed by atoms with Crippen molar-refractivity contribution in [2.75, 3.05) is 19.0 Å². The molecule has 2 aromatic carbocycles. The SMILES string of the molecule is O=C(O)COc1ccc(SCCCCOc2ccc(Cl)cc2Cl)c2c1CCC2. The molecule has 0 bridgehead atoms. The second kappa shape index (κ2) is 10.3. The van der Waals surface area contributed by atoms with Crippen LogP contribution in [0, 0.1) is 0 Å². The molecule has 0 radical (unpaired) electrons. The van der Waals surface area contributed by atoms with E-state index < -0.39 is 5.97 Å². The number of rotatable bonds is 10. The van der Waals surface area contributed by atoms with Gasteiger partial charge in [0.1, 0.15) is 11.5 Å². The van der Waals surface area contributed by atoms with Gasteiger partial charge in [0.15, 0.2) is 6.61 Å². The van der Waals surface area contributed by atoms with E-state index in [2.05, 4.69) is 6.07 Å². The molecule has 1 aliphatic carbocycles. The second-order valence-corrected chi connectivity index (χ2v) is 8.51. The van der Waals surface area contributed by atoms with E-state index in [1.54, 1.807) is 18.2 Å². The average Bonchev–Trinajstić information content (AvgIpc) is 3.15. The number of carbonyl (C=O) groups is 1. The molecule has 0 spiro atoms. The fourth-order valence-electron chi connectivity index (χ4n) is 3.21. The summed E-state index contributed by atoms with van der Waals surface area (Å²) in [5, 5.41) is 9.94. The van der Waals surface area contributed by atoms with Gasteiger partial charge in [-0.15, -0.1) is 11.8 Å². The van der Waals surface area contributed by atoms with E-state index in [-0.39, 0.29) is 6.61 Å². The molecule has 0 fully saturated rings. The van der Waals surface area contributed by atoms with Crippen LogP contribution in [0.2, 0.25) is 10.0 Å². The predicted molar refractivity (Wildman–Crippen MR) is 114 cm³/mol. The van der Waals surface area contributed by atoms with Gasteiger partial charge in [-0.2, -0.15) is 0 Å². The lowest BCUT2D eigenvalue weighted by molar-refractivity contribution is -0.139. The lowest BCUT2D eigenvalue weighted by Gasteiger charge is -2.13. The van der Waals surface area contributed by atoms with E-state index in [0.29, 0.717) is 28.2 Å². The highest BCUT2D eigenvalue weighted by molar-refractivity contribution is 7.99. The van der Waals surface area contributed by atoms with E-state index in [1.807, 2.05) is 17.8 Å². The predicted octanol–water partition coefficient (Wildman–Crippen LogP) is 5.90. The highest BCUT2D eigenvalue weighted by atomic mass is 35.5. The van der Waals surface area contributed by atoms with Crippen molar-refractivity contribution in [1.82, 2.24) is 0 Å². The zero-order chi connectivity index (χ0) is 19.9. The van der Waals surface area contributed by atoms with Crippen LogP contribution in [0.5, 0.6) is 11.5 Å². The van der Waals surface area contributed by atoms with Crippen LogP contribution < -0.4 is 9.47 Å². The Labute approximate surface area is 179 Å². The Bertz CT molecular complexity index is 841. The summed E-state index contributed by atoms with van der Waals surface area (Å²) in [6.07, 6.45) is 5.04. The van der Waals surface area contributed by atoms with E-state index in [4.69, 9.17) is 37.8 Å². The Balaban J connectivity index is 1.45. The Hall–Kier alpha value is -1.56. The van der Waals surface area contributed by atoms with Gasteiger partial charge in [0.25, 0.3) is 0 Å². The molecular formula is C21H22Cl2O4S. The van der Waals surface area contributed by atoms with Crippen LogP contribution in [0.15, 0.2) is 35.2 Å². The number of unbranched alkanes of at least 4 members (excludes halogenated alkanes) is 1. The summed E-state index contributed by atoms with van der Waals surface area (Å²) in [7, 11) is 0. The van der Waals surface area contributed by atoms with Crippen molar-refractivity contribution in [3.8, 4) is 11.5 Å². The fraction of sp³-hybridized carbons (Fsp3) is 0.381. The minimum absolute atomic E-state index is 0.295. The van der Waals surface area contributed by atoms with Crippen molar-refractivity contribution in [3.05, 3.63) is 51.5 Å². The van der Waals surface area contributed by atoms with Crippen molar-refractivity contribution >= 4 is 40.9 Å². The molecule has 28 heavy (non-hydrogen) atoms. The zero-order valence-corrected chi connectivity index (χ0v) is 17.7. The largest absolute Gasteiger partial charge is 0.492 e. The maximum absolute atomic E-state index is 10.7. The highest BCUT2D eigenvalue weighted by Gasteiger charge is 2.20. The van der Waals surface area contributed by atoms with Crippen molar-refractivity contribution in [3.63, 3.8) is 0 Å². The third-order valence-corrected chi connectivity index (χ3v) is 6.21. The van der Waals surface area contributed by atoms with Gasteiger partial charge < -0.3 is 14.6 Å². The van der Waals surface area contributed by atoms with Crippen molar-refractivity contribution in [1.29, 1.82) is 0 Å². The summed E-state index contributed by atoms with van der Waals surface area (Å²) < 4.78 is 11.2. The van der Waals surface area contributed by atoms with Gasteiger partial charge in [0, 0.05) is 9.92 Å². The summed E-state index contributed by atoms with van der Waals surface area (Å²) in [6.45, 7) is 0.318. The number of ether oxygens (including phenoxy) is 2. The first-order valence-corrected chi connectivity index (χ1v) is 11.0. The van der Waals surface area contributed by atoms with Gasteiger partial charge in [-0.3, -0.25) is 0 Å². The molecule has 4 nitrogen and oxygen atoms in total. The number of benzene rings is 2. The molecule has 150 valence electrons. The van der Waals surface area contributed by atoms with Gasteiger partial charge in [0.2, 0.25) is 0 Å². The number of thioether (sulfide) groups is 1. The first-order valence-electron chi connectivity index (χ1n) is 9.24. The van der Waals surface area contributed by atoms with Crippen LogP contribution in [0.1, 0.15) is 30.4 Å². The summed E-state index contributed by atoms with van der Waals surface area (Å²) in [4.78, 5) is 12.0. The molecule has 0 aromatic heterocycles. The van der Waals surface area contributed by atoms with Crippen LogP contribution >= 0.6 is 35.0 Å². The van der Waals surface area contributed by atoms with Gasteiger partial charge in [-0.05, 0) is 79.3 Å².